The molecule has 6 aromatic carbocycles. The highest BCUT2D eigenvalue weighted by molar-refractivity contribution is 7.25. The maximum atomic E-state index is 5.25. The Labute approximate surface area is 313 Å². The molecule has 13 rings (SSSR count). The first-order valence-electron chi connectivity index (χ1n) is 19.3. The molecule has 5 aliphatic carbocycles. The summed E-state index contributed by atoms with van der Waals surface area (Å²) < 4.78 is 2.65. The average Bonchev–Trinajstić information content (AvgIpc) is 3.73. The molecule has 0 amide bonds. The van der Waals surface area contributed by atoms with E-state index in [-0.39, 0.29) is 5.41 Å². The Morgan fingerprint density at radius 1 is 0.415 bits per heavy atom. The summed E-state index contributed by atoms with van der Waals surface area (Å²) in [6, 6.07) is 51.1. The summed E-state index contributed by atoms with van der Waals surface area (Å²) in [5.74, 6) is 5.39. The van der Waals surface area contributed by atoms with Crippen LogP contribution in [0.1, 0.15) is 43.2 Å². The highest BCUT2D eigenvalue weighted by atomic mass is 32.1. The van der Waals surface area contributed by atoms with Gasteiger partial charge in [-0.2, -0.15) is 0 Å². The molecule has 0 atom stereocenters. The predicted octanol–water partition coefficient (Wildman–Crippen LogP) is 12.6. The molecule has 0 radical (unpaired) electrons. The molecule has 0 unspecified atom stereocenters. The van der Waals surface area contributed by atoms with Crippen molar-refractivity contribution in [2.75, 3.05) is 0 Å². The first-order chi connectivity index (χ1) is 26.2. The van der Waals surface area contributed by atoms with Gasteiger partial charge >= 0.3 is 0 Å². The standard InChI is InChI=1S/C49H37N3S/c1-2-8-32(9-3-1)46-50-47(33-16-14-31(15-17-33)34-19-21-45-41(27-34)40-11-5-7-13-44(40)53-45)52-48(51-46)35-18-20-39-38-10-4-6-12-42(38)49(43(39)28-35)36-23-29-22-30(25-36)26-37(49)24-29/h1-21,27-30,36-37H,22-26H2. The van der Waals surface area contributed by atoms with Crippen LogP contribution in [0.15, 0.2) is 140 Å². The Bertz CT molecular complexity index is 2720. The fourth-order valence-electron chi connectivity index (χ4n) is 11.4. The molecule has 254 valence electrons. The molecule has 3 nitrogen and oxygen atoms in total. The fraction of sp³-hybridized carbons (Fsp3) is 0.204. The minimum atomic E-state index is 0.0988. The van der Waals surface area contributed by atoms with Gasteiger partial charge in [-0.3, -0.25) is 0 Å². The molecule has 0 N–H and O–H groups in total. The van der Waals surface area contributed by atoms with E-state index in [0.29, 0.717) is 23.5 Å². The third kappa shape index (κ3) is 4.42. The lowest BCUT2D eigenvalue weighted by molar-refractivity contribution is -0.0399. The molecule has 53 heavy (non-hydrogen) atoms. The molecule has 0 saturated heterocycles. The van der Waals surface area contributed by atoms with E-state index >= 15 is 0 Å². The third-order valence-electron chi connectivity index (χ3n) is 13.3. The van der Waals surface area contributed by atoms with Crippen LogP contribution in [0.25, 0.3) is 76.6 Å². The average molecular weight is 700 g/mol. The van der Waals surface area contributed by atoms with Crippen LogP contribution in [0.3, 0.4) is 0 Å². The summed E-state index contributed by atoms with van der Waals surface area (Å²) in [6.07, 6.45) is 6.93. The molecule has 4 fully saturated rings. The number of hydrogen-bond donors (Lipinski definition) is 0. The smallest absolute Gasteiger partial charge is 0.164 e. The van der Waals surface area contributed by atoms with Crippen LogP contribution in [-0.4, -0.2) is 15.0 Å². The van der Waals surface area contributed by atoms with E-state index < -0.39 is 0 Å². The molecule has 5 aliphatic rings. The minimum Gasteiger partial charge on any atom is -0.208 e. The maximum Gasteiger partial charge on any atom is 0.164 e. The zero-order valence-electron chi connectivity index (χ0n) is 29.4. The van der Waals surface area contributed by atoms with Crippen LogP contribution in [0.2, 0.25) is 0 Å². The van der Waals surface area contributed by atoms with Crippen LogP contribution in [-0.2, 0) is 5.41 Å². The first kappa shape index (κ1) is 30.1. The van der Waals surface area contributed by atoms with Gasteiger partial charge in [-0.1, -0.05) is 115 Å². The van der Waals surface area contributed by atoms with Crippen molar-refractivity contribution in [1.29, 1.82) is 0 Å². The van der Waals surface area contributed by atoms with E-state index in [9.17, 15) is 0 Å². The summed E-state index contributed by atoms with van der Waals surface area (Å²) in [4.78, 5) is 15.5. The van der Waals surface area contributed by atoms with Crippen LogP contribution in [0.4, 0.5) is 0 Å². The van der Waals surface area contributed by atoms with Crippen molar-refractivity contribution in [3.63, 3.8) is 0 Å². The lowest BCUT2D eigenvalue weighted by atomic mass is 9.43. The van der Waals surface area contributed by atoms with Gasteiger partial charge in [-0.15, -0.1) is 11.3 Å². The first-order valence-corrected chi connectivity index (χ1v) is 20.1. The lowest BCUT2D eigenvalue weighted by Crippen LogP contribution is -2.55. The van der Waals surface area contributed by atoms with Crippen molar-refractivity contribution < 1.29 is 0 Å². The third-order valence-corrected chi connectivity index (χ3v) is 14.5. The molecular weight excluding hydrogens is 663 g/mol. The predicted molar refractivity (Wildman–Crippen MR) is 218 cm³/mol. The van der Waals surface area contributed by atoms with Gasteiger partial charge < -0.3 is 0 Å². The lowest BCUT2D eigenvalue weighted by Gasteiger charge is -2.61. The molecule has 8 aromatic rings. The van der Waals surface area contributed by atoms with E-state index in [0.717, 1.165) is 34.4 Å². The Balaban J connectivity index is 0.976. The largest absolute Gasteiger partial charge is 0.208 e. The SMILES string of the molecule is c1ccc(-c2nc(-c3ccc(-c4ccc5sc6ccccc6c5c4)cc3)nc(-c3ccc4c(c3)C3(c5ccccc5-4)C4CC5CC(C4)CC3C5)n2)cc1. The minimum absolute atomic E-state index is 0.0988. The molecule has 4 bridgehead atoms. The van der Waals surface area contributed by atoms with Gasteiger partial charge in [0.1, 0.15) is 0 Å². The van der Waals surface area contributed by atoms with E-state index in [4.69, 9.17) is 15.0 Å². The van der Waals surface area contributed by atoms with Gasteiger partial charge in [0.2, 0.25) is 0 Å². The molecule has 4 saturated carbocycles. The maximum absolute atomic E-state index is 5.25. The van der Waals surface area contributed by atoms with Crippen LogP contribution >= 0.6 is 11.3 Å². The fourth-order valence-corrected chi connectivity index (χ4v) is 12.4. The quantitative estimate of drug-likeness (QED) is 0.184. The van der Waals surface area contributed by atoms with Gasteiger partial charge in [0, 0.05) is 42.3 Å². The monoisotopic (exact) mass is 699 g/mol. The topological polar surface area (TPSA) is 38.7 Å². The Hall–Kier alpha value is -5.45. The number of hydrogen-bond acceptors (Lipinski definition) is 4. The summed E-state index contributed by atoms with van der Waals surface area (Å²) in [7, 11) is 0. The second kappa shape index (κ2) is 11.3. The zero-order valence-corrected chi connectivity index (χ0v) is 30.2. The van der Waals surface area contributed by atoms with Crippen molar-refractivity contribution in [3.8, 4) is 56.4 Å². The van der Waals surface area contributed by atoms with E-state index in [1.54, 1.807) is 5.56 Å². The Morgan fingerprint density at radius 2 is 0.981 bits per heavy atom. The molecular formula is C49H37N3S. The number of thiophene rings is 1. The second-order valence-electron chi connectivity index (χ2n) is 16.0. The van der Waals surface area contributed by atoms with E-state index in [2.05, 4.69) is 133 Å². The van der Waals surface area contributed by atoms with Crippen molar-refractivity contribution in [2.45, 2.75) is 37.5 Å². The molecule has 0 aliphatic heterocycles. The molecule has 4 heteroatoms. The Kier molecular flexibility index (Phi) is 6.39. The number of aromatic nitrogens is 3. The summed E-state index contributed by atoms with van der Waals surface area (Å²) in [5, 5.41) is 2.64. The molecule has 1 spiro atoms. The van der Waals surface area contributed by atoms with Gasteiger partial charge in [-0.05, 0) is 113 Å². The van der Waals surface area contributed by atoms with Gasteiger partial charge in [0.05, 0.1) is 0 Å². The second-order valence-corrected chi connectivity index (χ2v) is 17.1. The van der Waals surface area contributed by atoms with Crippen molar-refractivity contribution in [3.05, 3.63) is 151 Å². The highest BCUT2D eigenvalue weighted by Gasteiger charge is 2.61. The number of nitrogens with zero attached hydrogens (tertiary/aromatic N) is 3. The van der Waals surface area contributed by atoms with Crippen molar-refractivity contribution in [2.24, 2.45) is 23.7 Å². The van der Waals surface area contributed by atoms with Crippen LogP contribution in [0, 0.1) is 23.7 Å². The van der Waals surface area contributed by atoms with E-state index in [1.807, 2.05) is 17.4 Å². The molecule has 2 heterocycles. The Morgan fingerprint density at radius 3 is 1.75 bits per heavy atom. The van der Waals surface area contributed by atoms with E-state index in [1.165, 1.54) is 80.1 Å². The zero-order chi connectivity index (χ0) is 34.7. The van der Waals surface area contributed by atoms with Crippen molar-refractivity contribution in [1.82, 2.24) is 15.0 Å². The van der Waals surface area contributed by atoms with Crippen molar-refractivity contribution >= 4 is 31.5 Å². The summed E-state index contributed by atoms with van der Waals surface area (Å²) in [5.41, 5.74) is 11.5. The summed E-state index contributed by atoms with van der Waals surface area (Å²) in [6.45, 7) is 0. The van der Waals surface area contributed by atoms with Gasteiger partial charge in [0.15, 0.2) is 17.5 Å². The van der Waals surface area contributed by atoms with Gasteiger partial charge in [0.25, 0.3) is 0 Å². The van der Waals surface area contributed by atoms with Crippen LogP contribution in [0.5, 0.6) is 0 Å². The van der Waals surface area contributed by atoms with Crippen LogP contribution < -0.4 is 0 Å². The number of fused-ring (bicyclic) bond motifs is 6. The van der Waals surface area contributed by atoms with Gasteiger partial charge in [-0.25, -0.2) is 15.0 Å². The summed E-state index contributed by atoms with van der Waals surface area (Å²) >= 11 is 1.86. The number of rotatable bonds is 4. The highest BCUT2D eigenvalue weighted by Crippen LogP contribution is 2.69. The molecule has 2 aromatic heterocycles. The normalized spacial score (nSPS) is 23.5. The number of benzene rings is 6.